The van der Waals surface area contributed by atoms with Crippen molar-refractivity contribution in [1.29, 1.82) is 0 Å². The van der Waals surface area contributed by atoms with Gasteiger partial charge in [0.2, 0.25) is 5.91 Å². The number of hydrogen-bond donors (Lipinski definition) is 0. The fourth-order valence-corrected chi connectivity index (χ4v) is 5.12. The summed E-state index contributed by atoms with van der Waals surface area (Å²) in [6.07, 6.45) is 2.54. The minimum atomic E-state index is -0.114. The number of rotatable bonds is 5. The standard InChI is InChI=1S/C27H23N3OS/c1-2-25-26(31)30(18-22-14-8-12-20-10-4-6-16-24(20)22)27(32-25)29-28-17-21-13-7-11-19-9-3-5-15-23(19)21/h3-17,25H,2,18H2,1H3/b28-17-,29-27+/t25-/m0/s1. The Bertz CT molecular complexity index is 1350. The number of thioether (sulfide) groups is 1. The maximum Gasteiger partial charge on any atom is 0.242 e. The highest BCUT2D eigenvalue weighted by Gasteiger charge is 2.37. The van der Waals surface area contributed by atoms with Gasteiger partial charge in [0.25, 0.3) is 0 Å². The summed E-state index contributed by atoms with van der Waals surface area (Å²) in [7, 11) is 0. The third-order valence-electron chi connectivity index (χ3n) is 5.76. The number of carbonyl (C=O) groups excluding carboxylic acids is 1. The minimum absolute atomic E-state index is 0.101. The van der Waals surface area contributed by atoms with Crippen LogP contribution in [0.4, 0.5) is 0 Å². The van der Waals surface area contributed by atoms with E-state index in [1.807, 2.05) is 49.4 Å². The highest BCUT2D eigenvalue weighted by molar-refractivity contribution is 8.15. The Morgan fingerprint density at radius 2 is 1.53 bits per heavy atom. The van der Waals surface area contributed by atoms with Crippen LogP contribution in [0, 0.1) is 0 Å². The Hall–Kier alpha value is -3.44. The van der Waals surface area contributed by atoms with Gasteiger partial charge in [-0.3, -0.25) is 9.69 Å². The van der Waals surface area contributed by atoms with Crippen LogP contribution < -0.4 is 0 Å². The monoisotopic (exact) mass is 437 g/mol. The molecule has 4 aromatic rings. The third kappa shape index (κ3) is 3.92. The van der Waals surface area contributed by atoms with Gasteiger partial charge in [0.1, 0.15) is 0 Å². The van der Waals surface area contributed by atoms with Gasteiger partial charge in [0.05, 0.1) is 18.0 Å². The Balaban J connectivity index is 1.46. The quantitative estimate of drug-likeness (QED) is 0.274. The van der Waals surface area contributed by atoms with Crippen LogP contribution in [0.5, 0.6) is 0 Å². The molecule has 32 heavy (non-hydrogen) atoms. The molecule has 0 saturated carbocycles. The molecule has 0 aromatic heterocycles. The minimum Gasteiger partial charge on any atom is -0.284 e. The van der Waals surface area contributed by atoms with Gasteiger partial charge < -0.3 is 0 Å². The Labute approximate surface area is 191 Å². The van der Waals surface area contributed by atoms with E-state index < -0.39 is 0 Å². The molecule has 1 atom stereocenters. The smallest absolute Gasteiger partial charge is 0.242 e. The van der Waals surface area contributed by atoms with Crippen molar-refractivity contribution in [3.8, 4) is 0 Å². The molecule has 4 nitrogen and oxygen atoms in total. The van der Waals surface area contributed by atoms with E-state index >= 15 is 0 Å². The summed E-state index contributed by atoms with van der Waals surface area (Å²) in [5.41, 5.74) is 2.12. The van der Waals surface area contributed by atoms with Crippen molar-refractivity contribution in [3.05, 3.63) is 96.1 Å². The second-order valence-corrected chi connectivity index (χ2v) is 8.94. The summed E-state index contributed by atoms with van der Waals surface area (Å²) >= 11 is 1.50. The average Bonchev–Trinajstić information content (AvgIpc) is 3.14. The van der Waals surface area contributed by atoms with Gasteiger partial charge in [-0.05, 0) is 33.5 Å². The molecule has 5 heteroatoms. The van der Waals surface area contributed by atoms with Crippen LogP contribution in [-0.4, -0.2) is 27.4 Å². The van der Waals surface area contributed by atoms with Gasteiger partial charge in [-0.2, -0.15) is 5.10 Å². The lowest BCUT2D eigenvalue weighted by Gasteiger charge is -2.17. The number of amides is 1. The molecule has 0 aliphatic carbocycles. The lowest BCUT2D eigenvalue weighted by molar-refractivity contribution is -0.126. The van der Waals surface area contributed by atoms with E-state index in [0.717, 1.165) is 33.7 Å². The first-order valence-corrected chi connectivity index (χ1v) is 11.7. The summed E-state index contributed by atoms with van der Waals surface area (Å²) in [4.78, 5) is 14.8. The second-order valence-electron chi connectivity index (χ2n) is 7.77. The molecule has 0 N–H and O–H groups in total. The van der Waals surface area contributed by atoms with E-state index in [2.05, 4.69) is 52.7 Å². The van der Waals surface area contributed by atoms with Crippen molar-refractivity contribution >= 4 is 50.6 Å². The molecule has 158 valence electrons. The number of nitrogens with zero attached hydrogens (tertiary/aromatic N) is 3. The molecule has 4 aromatic carbocycles. The average molecular weight is 438 g/mol. The zero-order valence-electron chi connectivity index (χ0n) is 17.8. The summed E-state index contributed by atoms with van der Waals surface area (Å²) in [5, 5.41) is 14.0. The van der Waals surface area contributed by atoms with Crippen LogP contribution in [-0.2, 0) is 11.3 Å². The zero-order chi connectivity index (χ0) is 21.9. The van der Waals surface area contributed by atoms with Crippen LogP contribution in [0.15, 0.2) is 95.1 Å². The number of carbonyl (C=O) groups is 1. The van der Waals surface area contributed by atoms with Crippen molar-refractivity contribution in [2.24, 2.45) is 10.2 Å². The highest BCUT2D eigenvalue weighted by atomic mass is 32.2. The number of amidine groups is 1. The van der Waals surface area contributed by atoms with Crippen LogP contribution in [0.2, 0.25) is 0 Å². The molecular weight excluding hydrogens is 414 g/mol. The van der Waals surface area contributed by atoms with Crippen molar-refractivity contribution < 1.29 is 4.79 Å². The molecule has 1 aliphatic heterocycles. The van der Waals surface area contributed by atoms with E-state index in [1.165, 1.54) is 17.1 Å². The molecule has 0 spiro atoms. The fraction of sp³-hybridized carbons (Fsp3) is 0.148. The van der Waals surface area contributed by atoms with Gasteiger partial charge in [-0.25, -0.2) is 0 Å². The first kappa shape index (κ1) is 20.5. The Kier molecular flexibility index (Phi) is 5.73. The molecule has 0 radical (unpaired) electrons. The van der Waals surface area contributed by atoms with Crippen LogP contribution in [0.3, 0.4) is 0 Å². The topological polar surface area (TPSA) is 45.0 Å². The SMILES string of the molecule is CC[C@@H]1S/C(=N/N=C\c2cccc3ccccc23)N(Cc2cccc3ccccc23)C1=O. The first-order valence-electron chi connectivity index (χ1n) is 10.8. The van der Waals surface area contributed by atoms with Crippen molar-refractivity contribution in [3.63, 3.8) is 0 Å². The summed E-state index contributed by atoms with van der Waals surface area (Å²) in [6.45, 7) is 2.53. The second kappa shape index (κ2) is 8.97. The summed E-state index contributed by atoms with van der Waals surface area (Å²) in [6, 6.07) is 28.8. The fourth-order valence-electron chi connectivity index (χ4n) is 4.09. The van der Waals surface area contributed by atoms with E-state index in [0.29, 0.717) is 11.7 Å². The van der Waals surface area contributed by atoms with Crippen molar-refractivity contribution in [2.75, 3.05) is 0 Å². The number of fused-ring (bicyclic) bond motifs is 2. The Morgan fingerprint density at radius 1 is 0.875 bits per heavy atom. The molecule has 5 rings (SSSR count). The normalized spacial score (nSPS) is 17.9. The zero-order valence-corrected chi connectivity index (χ0v) is 18.6. The van der Waals surface area contributed by atoms with Gasteiger partial charge in [-0.15, -0.1) is 5.10 Å². The lowest BCUT2D eigenvalue weighted by atomic mass is 10.0. The molecule has 0 bridgehead atoms. The maximum atomic E-state index is 13.1. The Morgan fingerprint density at radius 3 is 2.31 bits per heavy atom. The highest BCUT2D eigenvalue weighted by Crippen LogP contribution is 2.32. The summed E-state index contributed by atoms with van der Waals surface area (Å²) < 4.78 is 0. The van der Waals surface area contributed by atoms with E-state index in [1.54, 1.807) is 11.1 Å². The number of hydrogen-bond acceptors (Lipinski definition) is 4. The van der Waals surface area contributed by atoms with Crippen LogP contribution in [0.1, 0.15) is 24.5 Å². The van der Waals surface area contributed by atoms with Gasteiger partial charge in [0.15, 0.2) is 5.17 Å². The third-order valence-corrected chi connectivity index (χ3v) is 7.10. The molecular formula is C27H23N3OS. The van der Waals surface area contributed by atoms with Crippen molar-refractivity contribution in [1.82, 2.24) is 4.90 Å². The molecule has 1 amide bonds. The molecule has 1 saturated heterocycles. The van der Waals surface area contributed by atoms with E-state index in [9.17, 15) is 4.79 Å². The predicted octanol–water partition coefficient (Wildman–Crippen LogP) is 6.24. The van der Waals surface area contributed by atoms with Crippen molar-refractivity contribution in [2.45, 2.75) is 25.1 Å². The molecule has 0 unspecified atom stereocenters. The van der Waals surface area contributed by atoms with E-state index in [4.69, 9.17) is 0 Å². The van der Waals surface area contributed by atoms with Gasteiger partial charge >= 0.3 is 0 Å². The first-order chi connectivity index (χ1) is 15.7. The van der Waals surface area contributed by atoms with Gasteiger partial charge in [-0.1, -0.05) is 104 Å². The maximum absolute atomic E-state index is 13.1. The molecule has 1 heterocycles. The predicted molar refractivity (Wildman–Crippen MR) is 135 cm³/mol. The van der Waals surface area contributed by atoms with Crippen LogP contribution >= 0.6 is 11.8 Å². The lowest BCUT2D eigenvalue weighted by Crippen LogP contribution is -2.31. The van der Waals surface area contributed by atoms with E-state index in [-0.39, 0.29) is 11.2 Å². The van der Waals surface area contributed by atoms with Crippen LogP contribution in [0.25, 0.3) is 21.5 Å². The summed E-state index contributed by atoms with van der Waals surface area (Å²) in [5.74, 6) is 0.101. The van der Waals surface area contributed by atoms with Gasteiger partial charge in [0, 0.05) is 5.56 Å². The molecule has 1 fully saturated rings. The number of benzene rings is 4. The largest absolute Gasteiger partial charge is 0.284 e. The molecule has 1 aliphatic rings.